The molecule has 0 spiro atoms. The Morgan fingerprint density at radius 2 is 2.08 bits per heavy atom. The molecule has 0 N–H and O–H groups in total. The fraction of sp³-hybridized carbons (Fsp3) is 1.00. The molecule has 0 aromatic rings. The van der Waals surface area contributed by atoms with Crippen LogP contribution < -0.4 is 0 Å². The van der Waals surface area contributed by atoms with E-state index < -0.39 is 0 Å². The first-order valence-corrected chi connectivity index (χ1v) is 4.98. The zero-order chi connectivity index (χ0) is 9.19. The van der Waals surface area contributed by atoms with Gasteiger partial charge in [-0.05, 0) is 47.0 Å². The van der Waals surface area contributed by atoms with Crippen LogP contribution in [0.1, 0.15) is 26.7 Å². The van der Waals surface area contributed by atoms with Crippen LogP contribution in [0, 0.1) is 0 Å². The molecule has 1 saturated heterocycles. The maximum absolute atomic E-state index is 2.58. The third-order valence-corrected chi connectivity index (χ3v) is 3.16. The minimum absolute atomic E-state index is 0.513. The summed E-state index contributed by atoms with van der Waals surface area (Å²) in [6.07, 6.45) is 2.70. The molecule has 0 radical (unpaired) electrons. The summed E-state index contributed by atoms with van der Waals surface area (Å²) >= 11 is 0. The Morgan fingerprint density at radius 3 is 2.42 bits per heavy atom. The molecule has 0 bridgehead atoms. The Morgan fingerprint density at radius 1 is 1.42 bits per heavy atom. The van der Waals surface area contributed by atoms with Crippen LogP contribution in [-0.2, 0) is 0 Å². The molecule has 2 heteroatoms. The van der Waals surface area contributed by atoms with E-state index >= 15 is 0 Å². The van der Waals surface area contributed by atoms with Gasteiger partial charge in [-0.25, -0.2) is 0 Å². The highest BCUT2D eigenvalue weighted by molar-refractivity contribution is 4.95. The summed E-state index contributed by atoms with van der Waals surface area (Å²) in [6.45, 7) is 8.38. The molecule has 1 unspecified atom stereocenters. The molecule has 1 rings (SSSR count). The summed E-state index contributed by atoms with van der Waals surface area (Å²) in [4.78, 5) is 4.86. The molecule has 1 aliphatic heterocycles. The first kappa shape index (κ1) is 10.0. The van der Waals surface area contributed by atoms with Crippen molar-refractivity contribution in [2.75, 3.05) is 33.7 Å². The third kappa shape index (κ3) is 1.99. The summed E-state index contributed by atoms with van der Waals surface area (Å²) in [5, 5.41) is 0. The lowest BCUT2D eigenvalue weighted by atomic mass is 9.83. The van der Waals surface area contributed by atoms with Gasteiger partial charge in [0.1, 0.15) is 0 Å². The average Bonchev–Trinajstić information content (AvgIpc) is 1.99. The van der Waals surface area contributed by atoms with E-state index in [-0.39, 0.29) is 0 Å². The number of rotatable bonds is 4. The highest BCUT2D eigenvalue weighted by Gasteiger charge is 2.38. The molecule has 1 heterocycles. The topological polar surface area (TPSA) is 6.48 Å². The second-order valence-electron chi connectivity index (χ2n) is 4.38. The number of hydrogen-bond acceptors (Lipinski definition) is 2. The molecule has 0 aromatic carbocycles. The van der Waals surface area contributed by atoms with Crippen molar-refractivity contribution in [3.63, 3.8) is 0 Å². The zero-order valence-corrected chi connectivity index (χ0v) is 8.93. The molecule has 1 aliphatic rings. The second-order valence-corrected chi connectivity index (χ2v) is 4.38. The van der Waals surface area contributed by atoms with Gasteiger partial charge in [-0.3, -0.25) is 4.90 Å². The lowest BCUT2D eigenvalue weighted by Crippen LogP contribution is -2.58. The van der Waals surface area contributed by atoms with E-state index in [0.29, 0.717) is 5.54 Å². The highest BCUT2D eigenvalue weighted by Crippen LogP contribution is 2.32. The first-order valence-electron chi connectivity index (χ1n) is 4.98. The van der Waals surface area contributed by atoms with Gasteiger partial charge >= 0.3 is 0 Å². The summed E-state index contributed by atoms with van der Waals surface area (Å²) in [5.41, 5.74) is 0.513. The van der Waals surface area contributed by atoms with E-state index in [1.165, 1.54) is 32.5 Å². The molecular weight excluding hydrogens is 148 g/mol. The summed E-state index contributed by atoms with van der Waals surface area (Å²) < 4.78 is 0. The smallest absolute Gasteiger partial charge is 0.0205 e. The van der Waals surface area contributed by atoms with Crippen LogP contribution in [-0.4, -0.2) is 49.1 Å². The third-order valence-electron chi connectivity index (χ3n) is 3.16. The van der Waals surface area contributed by atoms with Crippen LogP contribution >= 0.6 is 0 Å². The van der Waals surface area contributed by atoms with E-state index in [9.17, 15) is 0 Å². The van der Waals surface area contributed by atoms with Crippen LogP contribution in [0.4, 0.5) is 0 Å². The van der Waals surface area contributed by atoms with Crippen molar-refractivity contribution in [1.29, 1.82) is 0 Å². The van der Waals surface area contributed by atoms with Crippen LogP contribution in [0.3, 0.4) is 0 Å². The Bertz CT molecular complexity index is 143. The minimum atomic E-state index is 0.513. The van der Waals surface area contributed by atoms with Crippen molar-refractivity contribution < 1.29 is 0 Å². The van der Waals surface area contributed by atoms with Crippen LogP contribution in [0.15, 0.2) is 0 Å². The van der Waals surface area contributed by atoms with Crippen molar-refractivity contribution in [2.24, 2.45) is 0 Å². The van der Waals surface area contributed by atoms with Crippen molar-refractivity contribution in [2.45, 2.75) is 32.2 Å². The molecule has 1 fully saturated rings. The van der Waals surface area contributed by atoms with E-state index in [1.807, 2.05) is 0 Å². The highest BCUT2D eigenvalue weighted by atomic mass is 15.2. The maximum atomic E-state index is 2.58. The fourth-order valence-corrected chi connectivity index (χ4v) is 1.94. The van der Waals surface area contributed by atoms with E-state index in [0.717, 1.165) is 0 Å². The minimum Gasteiger partial charge on any atom is -0.309 e. The molecule has 12 heavy (non-hydrogen) atoms. The van der Waals surface area contributed by atoms with Crippen molar-refractivity contribution in [1.82, 2.24) is 9.80 Å². The van der Waals surface area contributed by atoms with Crippen molar-refractivity contribution >= 4 is 0 Å². The Kier molecular flexibility index (Phi) is 3.13. The molecule has 72 valence electrons. The zero-order valence-electron chi connectivity index (χ0n) is 8.93. The number of hydrogen-bond donors (Lipinski definition) is 0. The van der Waals surface area contributed by atoms with Gasteiger partial charge in [0.25, 0.3) is 0 Å². The van der Waals surface area contributed by atoms with E-state index in [2.05, 4.69) is 37.7 Å². The van der Waals surface area contributed by atoms with Gasteiger partial charge < -0.3 is 4.90 Å². The predicted molar refractivity (Wildman–Crippen MR) is 53.4 cm³/mol. The van der Waals surface area contributed by atoms with E-state index in [1.54, 1.807) is 0 Å². The molecular formula is C10H22N2. The van der Waals surface area contributed by atoms with Crippen molar-refractivity contribution in [3.8, 4) is 0 Å². The fourth-order valence-electron chi connectivity index (χ4n) is 1.94. The van der Waals surface area contributed by atoms with Gasteiger partial charge in [0, 0.05) is 12.1 Å². The lowest BCUT2D eigenvalue weighted by Gasteiger charge is -2.51. The van der Waals surface area contributed by atoms with Gasteiger partial charge in [0.15, 0.2) is 0 Å². The summed E-state index contributed by atoms with van der Waals surface area (Å²) in [5.74, 6) is 0. The maximum Gasteiger partial charge on any atom is 0.0205 e. The molecule has 1 atom stereocenters. The summed E-state index contributed by atoms with van der Waals surface area (Å²) in [7, 11) is 4.30. The molecule has 0 aromatic heterocycles. The Hall–Kier alpha value is -0.0800. The standard InChI is InChI=1S/C10H22N2/c1-5-12-9-7-10(12,2)6-8-11(3)4/h5-9H2,1-4H3. The van der Waals surface area contributed by atoms with Gasteiger partial charge in [0.05, 0.1) is 0 Å². The van der Waals surface area contributed by atoms with Crippen LogP contribution in [0.25, 0.3) is 0 Å². The van der Waals surface area contributed by atoms with Crippen molar-refractivity contribution in [3.05, 3.63) is 0 Å². The molecule has 2 nitrogen and oxygen atoms in total. The predicted octanol–water partition coefficient (Wildman–Crippen LogP) is 1.42. The average molecular weight is 170 g/mol. The van der Waals surface area contributed by atoms with Gasteiger partial charge in [-0.15, -0.1) is 0 Å². The van der Waals surface area contributed by atoms with Crippen LogP contribution in [0.2, 0.25) is 0 Å². The second kappa shape index (κ2) is 3.75. The number of likely N-dealkylation sites (tertiary alicyclic amines) is 1. The molecule has 0 aliphatic carbocycles. The lowest BCUT2D eigenvalue weighted by molar-refractivity contribution is -0.00542. The molecule has 0 saturated carbocycles. The Balaban J connectivity index is 2.29. The van der Waals surface area contributed by atoms with Gasteiger partial charge in [-0.1, -0.05) is 6.92 Å². The normalized spacial score (nSPS) is 30.8. The Labute approximate surface area is 76.5 Å². The monoisotopic (exact) mass is 170 g/mol. The quantitative estimate of drug-likeness (QED) is 0.629. The van der Waals surface area contributed by atoms with Gasteiger partial charge in [-0.2, -0.15) is 0 Å². The van der Waals surface area contributed by atoms with Crippen LogP contribution in [0.5, 0.6) is 0 Å². The number of nitrogens with zero attached hydrogens (tertiary/aromatic N) is 2. The molecule has 0 amide bonds. The van der Waals surface area contributed by atoms with Gasteiger partial charge in [0.2, 0.25) is 0 Å². The van der Waals surface area contributed by atoms with E-state index in [4.69, 9.17) is 0 Å². The largest absolute Gasteiger partial charge is 0.309 e. The summed E-state index contributed by atoms with van der Waals surface area (Å²) in [6, 6.07) is 0. The first-order chi connectivity index (χ1) is 5.58. The SMILES string of the molecule is CCN1CCC1(C)CCN(C)C.